The number of ether oxygens (including phenoxy) is 2. The minimum absolute atomic E-state index is 0.0163. The topological polar surface area (TPSA) is 155 Å². The Morgan fingerprint density at radius 2 is 1.31 bits per heavy atom. The number of carbonyl (C=O) groups excluding carboxylic acids is 2. The number of sulfone groups is 1. The molecule has 2 atom stereocenters. The summed E-state index contributed by atoms with van der Waals surface area (Å²) in [6.45, 7) is 1.42. The summed E-state index contributed by atoms with van der Waals surface area (Å²) >= 11 is 1.84. The van der Waals surface area contributed by atoms with E-state index in [2.05, 4.69) is 26.7 Å². The van der Waals surface area contributed by atoms with Crippen LogP contribution in [0.3, 0.4) is 0 Å². The van der Waals surface area contributed by atoms with E-state index < -0.39 is 33.9 Å². The van der Waals surface area contributed by atoms with Crippen molar-refractivity contribution >= 4 is 56.3 Å². The number of aromatic nitrogens is 6. The number of allylic oxidation sites excluding steroid dienone is 2. The molecule has 2 saturated heterocycles. The van der Waals surface area contributed by atoms with Crippen molar-refractivity contribution in [3.8, 4) is 0 Å². The summed E-state index contributed by atoms with van der Waals surface area (Å²) < 4.78 is 66.0. The van der Waals surface area contributed by atoms with Crippen LogP contribution >= 0.6 is 11.8 Å². The highest BCUT2D eigenvalue weighted by Gasteiger charge is 2.34. The number of carbonyl (C=O) groups is 2. The fourth-order valence-corrected chi connectivity index (χ4v) is 8.29. The van der Waals surface area contributed by atoms with Gasteiger partial charge < -0.3 is 9.47 Å². The Bertz CT molecular complexity index is 2110. The minimum atomic E-state index is -3.07. The number of thioether (sulfide) groups is 1. The summed E-state index contributed by atoms with van der Waals surface area (Å²) in [5.74, 6) is 1.07. The van der Waals surface area contributed by atoms with Crippen molar-refractivity contribution in [3.63, 3.8) is 0 Å². The van der Waals surface area contributed by atoms with Crippen LogP contribution in [-0.4, -0.2) is 98.9 Å². The molecule has 0 aliphatic carbocycles. The summed E-state index contributed by atoms with van der Waals surface area (Å²) in [4.78, 5) is 27.1. The lowest BCUT2D eigenvalue weighted by molar-refractivity contribution is 0.128. The van der Waals surface area contributed by atoms with Gasteiger partial charge in [-0.3, -0.25) is 9.80 Å². The van der Waals surface area contributed by atoms with Crippen molar-refractivity contribution in [2.24, 2.45) is 0 Å². The van der Waals surface area contributed by atoms with Crippen LogP contribution in [0.4, 0.5) is 29.7 Å². The Kier molecular flexibility index (Phi) is 10.4. The number of benzene rings is 2. The standard InChI is InChI=1S/C17H17FN4O4S.C17H17FN4O2S/c18-16-9-13(1-2-15(16)12-3-7-27(24,25)8-4-12)22-11-14(26-17(22)23)10-21-6-5-19-20-21;18-16-9-13(1-2-15(16)12-3-7-25-8-4-12)22-11-14(24-17(22)23)10-21-6-5-19-20-21/h1-3,5-6,9,14H,4,7-8,10-11H2;1-3,5-6,9,14H,4,7-8,10-11H2/t2*14-/m00/s1. The van der Waals surface area contributed by atoms with Crippen LogP contribution in [0.15, 0.2) is 73.3 Å². The summed E-state index contributed by atoms with van der Waals surface area (Å²) in [5.41, 5.74) is 3.60. The fraction of sp³-hybridized carbons (Fsp3) is 0.353. The van der Waals surface area contributed by atoms with Crippen molar-refractivity contribution in [1.82, 2.24) is 30.0 Å². The molecule has 4 aromatic rings. The number of halogens is 2. The normalized spacial score (nSPS) is 21.2. The lowest BCUT2D eigenvalue weighted by Crippen LogP contribution is -2.26. The van der Waals surface area contributed by atoms with Crippen molar-refractivity contribution in [2.45, 2.75) is 38.1 Å². The van der Waals surface area contributed by atoms with Gasteiger partial charge in [0.25, 0.3) is 0 Å². The number of hydrogen-bond donors (Lipinski definition) is 0. The smallest absolute Gasteiger partial charge is 0.414 e. The van der Waals surface area contributed by atoms with Crippen LogP contribution in [0.1, 0.15) is 24.0 Å². The molecule has 6 heterocycles. The zero-order valence-electron chi connectivity index (χ0n) is 27.8. The average Bonchev–Trinajstić information content (AvgIpc) is 3.96. The average molecular weight is 753 g/mol. The molecule has 0 bridgehead atoms. The maximum Gasteiger partial charge on any atom is 0.414 e. The first kappa shape index (κ1) is 35.3. The van der Waals surface area contributed by atoms with Crippen molar-refractivity contribution in [2.75, 3.05) is 45.9 Å². The first-order valence-electron chi connectivity index (χ1n) is 16.5. The molecule has 2 aromatic carbocycles. The lowest BCUT2D eigenvalue weighted by Gasteiger charge is -2.17. The maximum atomic E-state index is 14.6. The molecule has 0 radical (unpaired) electrons. The maximum absolute atomic E-state index is 14.6. The summed E-state index contributed by atoms with van der Waals surface area (Å²) in [6.07, 6.45) is 9.50. The lowest BCUT2D eigenvalue weighted by atomic mass is 10.0. The van der Waals surface area contributed by atoms with E-state index in [4.69, 9.17) is 9.47 Å². The van der Waals surface area contributed by atoms with Gasteiger partial charge >= 0.3 is 12.2 Å². The Hall–Kier alpha value is -5.10. The van der Waals surface area contributed by atoms with Gasteiger partial charge in [-0.1, -0.05) is 22.6 Å². The number of rotatable bonds is 8. The predicted octanol–water partition coefficient (Wildman–Crippen LogP) is 4.61. The highest BCUT2D eigenvalue weighted by atomic mass is 32.2. The van der Waals surface area contributed by atoms with E-state index in [1.165, 1.54) is 28.1 Å². The van der Waals surface area contributed by atoms with E-state index in [9.17, 15) is 26.8 Å². The molecular formula is C34H34F2N8O6S2. The molecule has 4 aliphatic rings. The SMILES string of the molecule is O=C1O[C@@H](Cn2ccnn2)CN1c1ccc(C2=CCS(=O)(=O)CC2)c(F)c1.O=C1O[C@@H](Cn2ccnn2)CN1c1ccc(C2=CCSCC2)c(F)c1. The molecule has 52 heavy (non-hydrogen) atoms. The first-order valence-corrected chi connectivity index (χ1v) is 19.5. The number of anilines is 2. The highest BCUT2D eigenvalue weighted by molar-refractivity contribution is 7.99. The van der Waals surface area contributed by atoms with Crippen molar-refractivity contribution < 1.29 is 36.3 Å². The van der Waals surface area contributed by atoms with E-state index in [-0.39, 0.29) is 36.4 Å². The Balaban J connectivity index is 0.000000162. The Labute approximate surface area is 302 Å². The molecule has 2 aromatic heterocycles. The van der Waals surface area contributed by atoms with Gasteiger partial charge in [-0.2, -0.15) is 11.8 Å². The van der Waals surface area contributed by atoms with E-state index in [0.717, 1.165) is 23.5 Å². The summed E-state index contributed by atoms with van der Waals surface area (Å²) in [7, 11) is -3.07. The fourth-order valence-electron chi connectivity index (χ4n) is 6.29. The third-order valence-electron chi connectivity index (χ3n) is 8.92. The number of amides is 2. The predicted molar refractivity (Wildman–Crippen MR) is 189 cm³/mol. The van der Waals surface area contributed by atoms with Crippen LogP contribution < -0.4 is 9.80 Å². The van der Waals surface area contributed by atoms with Gasteiger partial charge in [-0.05, 0) is 66.1 Å². The van der Waals surface area contributed by atoms with Gasteiger partial charge in [0.2, 0.25) is 0 Å². The first-order chi connectivity index (χ1) is 25.1. The van der Waals surface area contributed by atoms with Crippen molar-refractivity contribution in [1.29, 1.82) is 0 Å². The molecule has 14 nitrogen and oxygen atoms in total. The molecule has 272 valence electrons. The van der Waals surface area contributed by atoms with Crippen LogP contribution in [0.25, 0.3) is 11.1 Å². The number of nitrogens with zero attached hydrogens (tertiary/aromatic N) is 8. The second kappa shape index (κ2) is 15.2. The second-order valence-corrected chi connectivity index (χ2v) is 15.8. The van der Waals surface area contributed by atoms with Crippen LogP contribution in [0.5, 0.6) is 0 Å². The van der Waals surface area contributed by atoms with Gasteiger partial charge in [-0.25, -0.2) is 36.2 Å². The molecule has 0 unspecified atom stereocenters. The Morgan fingerprint density at radius 3 is 1.73 bits per heavy atom. The highest BCUT2D eigenvalue weighted by Crippen LogP contribution is 2.32. The molecule has 0 N–H and O–H groups in total. The molecule has 0 saturated carbocycles. The zero-order valence-corrected chi connectivity index (χ0v) is 29.4. The van der Waals surface area contributed by atoms with Gasteiger partial charge in [0.15, 0.2) is 9.84 Å². The molecule has 2 amide bonds. The van der Waals surface area contributed by atoms with E-state index >= 15 is 0 Å². The Morgan fingerprint density at radius 1 is 0.769 bits per heavy atom. The van der Waals surface area contributed by atoms with Gasteiger partial charge in [0.05, 0.1) is 61.5 Å². The minimum Gasteiger partial charge on any atom is -0.442 e. The molecule has 0 spiro atoms. The molecule has 18 heteroatoms. The number of hydrogen-bond acceptors (Lipinski definition) is 11. The van der Waals surface area contributed by atoms with Gasteiger partial charge in [-0.15, -0.1) is 10.2 Å². The van der Waals surface area contributed by atoms with Crippen LogP contribution in [0.2, 0.25) is 0 Å². The monoisotopic (exact) mass is 752 g/mol. The quantitative estimate of drug-likeness (QED) is 0.248. The third kappa shape index (κ3) is 8.17. The summed E-state index contributed by atoms with van der Waals surface area (Å²) in [5, 5.41) is 15.1. The molecule has 8 rings (SSSR count). The van der Waals surface area contributed by atoms with Gasteiger partial charge in [0.1, 0.15) is 23.8 Å². The van der Waals surface area contributed by atoms with Gasteiger partial charge in [0, 0.05) is 29.3 Å². The molecule has 4 aliphatic heterocycles. The largest absolute Gasteiger partial charge is 0.442 e. The second-order valence-electron chi connectivity index (χ2n) is 12.5. The zero-order chi connectivity index (χ0) is 36.2. The summed E-state index contributed by atoms with van der Waals surface area (Å²) in [6, 6.07) is 9.44. The molecular weight excluding hydrogens is 719 g/mol. The van der Waals surface area contributed by atoms with E-state index in [1.807, 2.05) is 11.8 Å². The van der Waals surface area contributed by atoms with E-state index in [1.54, 1.807) is 58.3 Å². The third-order valence-corrected chi connectivity index (χ3v) is 11.3. The van der Waals surface area contributed by atoms with Crippen molar-refractivity contribution in [3.05, 3.63) is 96.1 Å². The van der Waals surface area contributed by atoms with Crippen LogP contribution in [0, 0.1) is 11.6 Å². The molecule has 2 fully saturated rings. The number of cyclic esters (lactones) is 2. The van der Waals surface area contributed by atoms with E-state index in [0.29, 0.717) is 47.7 Å². The van der Waals surface area contributed by atoms with Crippen LogP contribution in [-0.2, 0) is 32.4 Å².